The first-order valence-corrected chi connectivity index (χ1v) is 10.0. The number of benzene rings is 1. The number of hydrogen-bond donors (Lipinski definition) is 1. The van der Waals surface area contributed by atoms with Gasteiger partial charge in [-0.3, -0.25) is 4.99 Å². The second-order valence-electron chi connectivity index (χ2n) is 6.59. The van der Waals surface area contributed by atoms with Crippen molar-refractivity contribution < 1.29 is 21.8 Å². The molecular weight excluding hydrogens is 473 g/mol. The summed E-state index contributed by atoms with van der Waals surface area (Å²) in [5, 5.41) is 0. The van der Waals surface area contributed by atoms with Crippen LogP contribution in [0.4, 0.5) is 17.6 Å². The second-order valence-corrected chi connectivity index (χ2v) is 10.7. The van der Waals surface area contributed by atoms with E-state index < -0.39 is 38.6 Å². The molecule has 10 heteroatoms. The summed E-state index contributed by atoms with van der Waals surface area (Å²) in [5.41, 5.74) is 4.70. The molecule has 2 rings (SSSR count). The molecule has 1 aromatic carbocycles. The van der Waals surface area contributed by atoms with Crippen molar-refractivity contribution in [3.63, 3.8) is 0 Å². The summed E-state index contributed by atoms with van der Waals surface area (Å²) >= 11 is 1.98. The maximum Gasteiger partial charge on any atom is 0.408 e. The molecule has 0 saturated heterocycles. The number of hydrogen-bond acceptors (Lipinski definition) is 4. The molecule has 0 aromatic heterocycles. The van der Waals surface area contributed by atoms with Gasteiger partial charge in [0.25, 0.3) is 0 Å². The standard InChI is InChI=1S/C15H18F4IN3OS/c1-13(2)12(21)23-14(3,10-6-9(20)4-5-11(10)16)8-25(13,24)22-7-15(17,18)19/h4-6H,7-8H2,1-3H3,(H2,21,23)/t14-,25-/m0/s1. The van der Waals surface area contributed by atoms with Crippen molar-refractivity contribution in [1.29, 1.82) is 0 Å². The molecule has 0 aliphatic carbocycles. The molecule has 25 heavy (non-hydrogen) atoms. The first kappa shape index (κ1) is 20.4. The monoisotopic (exact) mass is 491 g/mol. The van der Waals surface area contributed by atoms with Crippen LogP contribution in [0.1, 0.15) is 26.3 Å². The lowest BCUT2D eigenvalue weighted by Crippen LogP contribution is -2.55. The van der Waals surface area contributed by atoms with Crippen LogP contribution in [0, 0.1) is 9.39 Å². The van der Waals surface area contributed by atoms with E-state index in [4.69, 9.17) is 5.73 Å². The fraction of sp³-hybridized carbons (Fsp3) is 0.533. The highest BCUT2D eigenvalue weighted by atomic mass is 127. The number of aliphatic imine (C=N–C) groups is 1. The largest absolute Gasteiger partial charge is 0.408 e. The van der Waals surface area contributed by atoms with Gasteiger partial charge in [0.1, 0.15) is 28.5 Å². The summed E-state index contributed by atoms with van der Waals surface area (Å²) in [5.74, 6) is -1.03. The van der Waals surface area contributed by atoms with Gasteiger partial charge in [0, 0.05) is 9.13 Å². The van der Waals surface area contributed by atoms with E-state index in [1.165, 1.54) is 32.9 Å². The Kier molecular flexibility index (Phi) is 5.19. The third-order valence-electron chi connectivity index (χ3n) is 4.22. The Labute approximate surface area is 157 Å². The van der Waals surface area contributed by atoms with E-state index in [2.05, 4.69) is 9.36 Å². The van der Waals surface area contributed by atoms with Crippen LogP contribution in [0.3, 0.4) is 0 Å². The minimum absolute atomic E-state index is 0.101. The molecule has 0 radical (unpaired) electrons. The summed E-state index contributed by atoms with van der Waals surface area (Å²) in [6, 6.07) is 4.31. The van der Waals surface area contributed by atoms with E-state index >= 15 is 0 Å². The van der Waals surface area contributed by atoms with Crippen molar-refractivity contribution in [3.8, 4) is 0 Å². The smallest absolute Gasteiger partial charge is 0.386 e. The van der Waals surface area contributed by atoms with Crippen LogP contribution in [0.15, 0.2) is 27.6 Å². The third-order valence-corrected chi connectivity index (χ3v) is 8.19. The van der Waals surface area contributed by atoms with E-state index in [-0.39, 0.29) is 17.2 Å². The Morgan fingerprint density at radius 1 is 1.36 bits per heavy atom. The summed E-state index contributed by atoms with van der Waals surface area (Å²) in [4.78, 5) is 4.31. The number of rotatable bonds is 2. The predicted octanol–water partition coefficient (Wildman–Crippen LogP) is 3.83. The zero-order chi connectivity index (χ0) is 19.3. The highest BCUT2D eigenvalue weighted by Crippen LogP contribution is 2.39. The lowest BCUT2D eigenvalue weighted by atomic mass is 9.93. The summed E-state index contributed by atoms with van der Waals surface area (Å²) in [6.07, 6.45) is -4.59. The van der Waals surface area contributed by atoms with Crippen molar-refractivity contribution in [2.75, 3.05) is 12.3 Å². The molecule has 1 aromatic rings. The molecule has 1 heterocycles. The summed E-state index contributed by atoms with van der Waals surface area (Å²) in [7, 11) is -3.46. The van der Waals surface area contributed by atoms with Crippen molar-refractivity contribution in [2.45, 2.75) is 37.2 Å². The topological polar surface area (TPSA) is 67.8 Å². The van der Waals surface area contributed by atoms with Gasteiger partial charge in [-0.2, -0.15) is 13.2 Å². The maximum atomic E-state index is 14.3. The normalized spacial score (nSPS) is 29.2. The second kappa shape index (κ2) is 6.36. The van der Waals surface area contributed by atoms with E-state index in [1.54, 1.807) is 6.07 Å². The average Bonchev–Trinajstić information content (AvgIpc) is 2.45. The van der Waals surface area contributed by atoms with Crippen molar-refractivity contribution >= 4 is 38.2 Å². The number of amidine groups is 1. The molecule has 0 fully saturated rings. The molecule has 1 aliphatic heterocycles. The fourth-order valence-electron chi connectivity index (χ4n) is 2.59. The van der Waals surface area contributed by atoms with Gasteiger partial charge in [-0.15, -0.1) is 0 Å². The van der Waals surface area contributed by atoms with Crippen LogP contribution in [0.25, 0.3) is 0 Å². The molecule has 0 spiro atoms. The van der Waals surface area contributed by atoms with E-state index in [0.29, 0.717) is 3.57 Å². The van der Waals surface area contributed by atoms with Crippen molar-refractivity contribution in [3.05, 3.63) is 33.1 Å². The van der Waals surface area contributed by atoms with E-state index in [0.717, 1.165) is 0 Å². The summed E-state index contributed by atoms with van der Waals surface area (Å²) in [6.45, 7) is 2.84. The van der Waals surface area contributed by atoms with Gasteiger partial charge in [-0.1, -0.05) is 0 Å². The molecule has 1 aliphatic rings. The predicted molar refractivity (Wildman–Crippen MR) is 98.5 cm³/mol. The Morgan fingerprint density at radius 2 is 1.96 bits per heavy atom. The number of nitrogens with two attached hydrogens (primary N) is 1. The molecule has 2 N–H and O–H groups in total. The van der Waals surface area contributed by atoms with Crippen LogP contribution < -0.4 is 5.73 Å². The van der Waals surface area contributed by atoms with Crippen molar-refractivity contribution in [2.24, 2.45) is 15.1 Å². The Morgan fingerprint density at radius 3 is 2.52 bits per heavy atom. The highest BCUT2D eigenvalue weighted by Gasteiger charge is 2.48. The lowest BCUT2D eigenvalue weighted by Gasteiger charge is -2.40. The van der Waals surface area contributed by atoms with E-state index in [1.807, 2.05) is 22.6 Å². The fourth-order valence-corrected chi connectivity index (χ4v) is 5.57. The van der Waals surface area contributed by atoms with Gasteiger partial charge in [0.05, 0.1) is 15.5 Å². The number of halogens is 5. The molecule has 0 saturated carbocycles. The SMILES string of the molecule is CC1(C)C(N)=N[C@](C)(c2cc(I)ccc2F)C[S@@]1(=O)=NCC(F)(F)F. The molecule has 2 atom stereocenters. The lowest BCUT2D eigenvalue weighted by molar-refractivity contribution is -0.117. The van der Waals surface area contributed by atoms with Crippen LogP contribution in [-0.2, 0) is 15.3 Å². The van der Waals surface area contributed by atoms with Crippen LogP contribution in [0.5, 0.6) is 0 Å². The van der Waals surface area contributed by atoms with Gasteiger partial charge in [-0.05, 0) is 61.6 Å². The molecular formula is C15H18F4IN3OS. The quantitative estimate of drug-likeness (QED) is 0.505. The molecule has 0 amide bonds. The molecule has 0 unspecified atom stereocenters. The minimum atomic E-state index is -4.59. The van der Waals surface area contributed by atoms with Crippen LogP contribution in [0.2, 0.25) is 0 Å². The van der Waals surface area contributed by atoms with E-state index in [9.17, 15) is 21.8 Å². The average molecular weight is 491 g/mol. The number of nitrogens with zero attached hydrogens (tertiary/aromatic N) is 2. The van der Waals surface area contributed by atoms with Gasteiger partial charge in [0.2, 0.25) is 0 Å². The van der Waals surface area contributed by atoms with Gasteiger partial charge >= 0.3 is 6.18 Å². The zero-order valence-corrected chi connectivity index (χ0v) is 16.8. The van der Waals surface area contributed by atoms with Gasteiger partial charge in [-0.25, -0.2) is 13.0 Å². The van der Waals surface area contributed by atoms with Crippen molar-refractivity contribution in [1.82, 2.24) is 0 Å². The van der Waals surface area contributed by atoms with Gasteiger partial charge in [0.15, 0.2) is 0 Å². The van der Waals surface area contributed by atoms with Crippen LogP contribution >= 0.6 is 22.6 Å². The maximum absolute atomic E-state index is 14.3. The Bertz CT molecular complexity index is 844. The molecule has 4 nitrogen and oxygen atoms in total. The first-order valence-electron chi connectivity index (χ1n) is 7.28. The Hall–Kier alpha value is -0.910. The highest BCUT2D eigenvalue weighted by molar-refractivity contribution is 14.1. The zero-order valence-electron chi connectivity index (χ0n) is 13.8. The molecule has 140 valence electrons. The van der Waals surface area contributed by atoms with Crippen LogP contribution in [-0.4, -0.2) is 33.3 Å². The number of alkyl halides is 3. The minimum Gasteiger partial charge on any atom is -0.386 e. The Balaban J connectivity index is 2.67. The molecule has 0 bridgehead atoms. The first-order chi connectivity index (χ1) is 11.2. The van der Waals surface area contributed by atoms with Gasteiger partial charge < -0.3 is 5.73 Å². The summed E-state index contributed by atoms with van der Waals surface area (Å²) < 4.78 is 68.4. The third kappa shape index (κ3) is 3.93.